The van der Waals surface area contributed by atoms with Crippen LogP contribution in [0, 0.1) is 0 Å². The molecule has 1 aromatic heterocycles. The second-order valence-corrected chi connectivity index (χ2v) is 5.25. The van der Waals surface area contributed by atoms with Crippen LogP contribution in [-0.2, 0) is 0 Å². The van der Waals surface area contributed by atoms with Crippen molar-refractivity contribution >= 4 is 17.5 Å². The van der Waals surface area contributed by atoms with E-state index in [0.29, 0.717) is 5.02 Å². The van der Waals surface area contributed by atoms with Crippen molar-refractivity contribution in [2.45, 2.75) is 19.1 Å². The number of likely N-dealkylation sites (N-methyl/N-ethyl adjacent to an activating group) is 1. The number of carbonyl (C=O) groups is 1. The highest BCUT2D eigenvalue weighted by Crippen LogP contribution is 2.22. The molecule has 0 aliphatic carbocycles. The third-order valence-corrected chi connectivity index (χ3v) is 3.80. The van der Waals surface area contributed by atoms with Crippen LogP contribution in [0.15, 0.2) is 48.7 Å². The lowest BCUT2D eigenvalue weighted by atomic mass is 10.0. The molecule has 1 aromatic carbocycles. The summed E-state index contributed by atoms with van der Waals surface area (Å²) < 4.78 is 0. The zero-order valence-corrected chi connectivity index (χ0v) is 12.7. The van der Waals surface area contributed by atoms with Gasteiger partial charge in [-0.25, -0.2) is 4.98 Å². The van der Waals surface area contributed by atoms with E-state index in [1.807, 2.05) is 30.3 Å². The van der Waals surface area contributed by atoms with Gasteiger partial charge >= 0.3 is 0 Å². The summed E-state index contributed by atoms with van der Waals surface area (Å²) in [5, 5.41) is 10.7. The minimum atomic E-state index is -0.775. The molecule has 0 bridgehead atoms. The van der Waals surface area contributed by atoms with Gasteiger partial charge < -0.3 is 10.0 Å². The van der Waals surface area contributed by atoms with Crippen LogP contribution in [0.5, 0.6) is 0 Å². The van der Waals surface area contributed by atoms with Crippen molar-refractivity contribution < 1.29 is 9.90 Å². The molecule has 1 amide bonds. The topological polar surface area (TPSA) is 53.4 Å². The maximum absolute atomic E-state index is 12.4. The highest BCUT2D eigenvalue weighted by Gasteiger charge is 2.26. The molecule has 1 N–H and O–H groups in total. The van der Waals surface area contributed by atoms with Crippen LogP contribution >= 0.6 is 11.6 Å². The fourth-order valence-corrected chi connectivity index (χ4v) is 2.24. The van der Waals surface area contributed by atoms with E-state index in [4.69, 9.17) is 11.6 Å². The van der Waals surface area contributed by atoms with Gasteiger partial charge in [-0.2, -0.15) is 0 Å². The first-order valence-corrected chi connectivity index (χ1v) is 7.01. The Kier molecular flexibility index (Phi) is 4.94. The van der Waals surface area contributed by atoms with Crippen LogP contribution in [0.1, 0.15) is 29.1 Å². The van der Waals surface area contributed by atoms with E-state index in [0.717, 1.165) is 5.56 Å². The number of pyridine rings is 1. The number of aliphatic hydroxyl groups is 1. The average molecular weight is 305 g/mol. The van der Waals surface area contributed by atoms with Crippen molar-refractivity contribution in [3.05, 3.63) is 64.9 Å². The highest BCUT2D eigenvalue weighted by molar-refractivity contribution is 6.33. The molecule has 0 fully saturated rings. The van der Waals surface area contributed by atoms with E-state index in [1.165, 1.54) is 11.1 Å². The minimum Gasteiger partial charge on any atom is -0.386 e. The van der Waals surface area contributed by atoms with Gasteiger partial charge in [-0.1, -0.05) is 41.9 Å². The Morgan fingerprint density at radius 1 is 1.24 bits per heavy atom. The number of hydrogen-bond acceptors (Lipinski definition) is 3. The lowest BCUT2D eigenvalue weighted by Crippen LogP contribution is -2.39. The van der Waals surface area contributed by atoms with E-state index < -0.39 is 12.1 Å². The summed E-state index contributed by atoms with van der Waals surface area (Å²) in [6.07, 6.45) is 0.744. The van der Waals surface area contributed by atoms with Gasteiger partial charge in [0.15, 0.2) is 0 Å². The standard InChI is InChI=1S/C16H17ClN2O2/c1-11(15(20)12-7-4-3-5-8-12)19(2)16(21)14-13(17)9-6-10-18-14/h3-11,15,20H,1-2H3/t11-,15-/m0/s1. The van der Waals surface area contributed by atoms with Crippen LogP contribution in [0.3, 0.4) is 0 Å². The van der Waals surface area contributed by atoms with E-state index in [-0.39, 0.29) is 11.6 Å². The zero-order chi connectivity index (χ0) is 15.4. The molecule has 0 spiro atoms. The second kappa shape index (κ2) is 6.70. The number of hydrogen-bond donors (Lipinski definition) is 1. The first-order valence-electron chi connectivity index (χ1n) is 6.63. The Labute approximate surface area is 129 Å². The van der Waals surface area contributed by atoms with Gasteiger partial charge in [0.05, 0.1) is 17.2 Å². The summed E-state index contributed by atoms with van der Waals surface area (Å²) >= 11 is 5.99. The van der Waals surface area contributed by atoms with Crippen molar-refractivity contribution in [1.82, 2.24) is 9.88 Å². The SMILES string of the molecule is C[C@@H]([C@H](O)c1ccccc1)N(C)C(=O)c1ncccc1Cl. The lowest BCUT2D eigenvalue weighted by molar-refractivity contribution is 0.0482. The largest absolute Gasteiger partial charge is 0.386 e. The molecular formula is C16H17ClN2O2. The molecule has 21 heavy (non-hydrogen) atoms. The van der Waals surface area contributed by atoms with Gasteiger partial charge in [0.25, 0.3) is 5.91 Å². The lowest BCUT2D eigenvalue weighted by Gasteiger charge is -2.29. The van der Waals surface area contributed by atoms with E-state index >= 15 is 0 Å². The zero-order valence-electron chi connectivity index (χ0n) is 11.9. The summed E-state index contributed by atoms with van der Waals surface area (Å²) in [6.45, 7) is 1.78. The first-order chi connectivity index (χ1) is 10.0. The minimum absolute atomic E-state index is 0.189. The van der Waals surface area contributed by atoms with Crippen LogP contribution < -0.4 is 0 Å². The summed E-state index contributed by atoms with van der Waals surface area (Å²) in [7, 11) is 1.63. The Balaban J connectivity index is 2.18. The number of amides is 1. The average Bonchev–Trinajstić information content (AvgIpc) is 2.53. The summed E-state index contributed by atoms with van der Waals surface area (Å²) in [4.78, 5) is 17.9. The van der Waals surface area contributed by atoms with Gasteiger partial charge in [0.1, 0.15) is 5.69 Å². The number of benzene rings is 1. The number of aliphatic hydroxyl groups excluding tert-OH is 1. The molecular weight excluding hydrogens is 288 g/mol. The molecule has 0 saturated carbocycles. The first kappa shape index (κ1) is 15.5. The molecule has 2 aromatic rings. The Hall–Kier alpha value is -1.91. The van der Waals surface area contributed by atoms with Gasteiger partial charge in [0.2, 0.25) is 0 Å². The molecule has 0 unspecified atom stereocenters. The van der Waals surface area contributed by atoms with Crippen LogP contribution in [-0.4, -0.2) is 34.0 Å². The number of nitrogens with zero attached hydrogens (tertiary/aromatic N) is 2. The molecule has 1 heterocycles. The Bertz CT molecular complexity index is 619. The number of rotatable bonds is 4. The van der Waals surface area contributed by atoms with Crippen molar-refractivity contribution in [2.75, 3.05) is 7.05 Å². The maximum Gasteiger partial charge on any atom is 0.274 e. The molecule has 0 saturated heterocycles. The Morgan fingerprint density at radius 2 is 1.90 bits per heavy atom. The fraction of sp³-hybridized carbons (Fsp3) is 0.250. The van der Waals surface area contributed by atoms with Gasteiger partial charge in [-0.3, -0.25) is 4.79 Å². The van der Waals surface area contributed by atoms with Crippen LogP contribution in [0.2, 0.25) is 5.02 Å². The normalized spacial score (nSPS) is 13.5. The maximum atomic E-state index is 12.4. The van der Waals surface area contributed by atoms with Crippen molar-refractivity contribution in [3.63, 3.8) is 0 Å². The van der Waals surface area contributed by atoms with Gasteiger partial charge in [0, 0.05) is 13.2 Å². The summed E-state index contributed by atoms with van der Waals surface area (Å²) in [5.74, 6) is -0.317. The molecule has 4 nitrogen and oxygen atoms in total. The predicted molar refractivity (Wildman–Crippen MR) is 82.2 cm³/mol. The highest BCUT2D eigenvalue weighted by atomic mass is 35.5. The second-order valence-electron chi connectivity index (χ2n) is 4.85. The molecule has 0 radical (unpaired) electrons. The third-order valence-electron chi connectivity index (χ3n) is 3.49. The van der Waals surface area contributed by atoms with Crippen LogP contribution in [0.4, 0.5) is 0 Å². The summed E-state index contributed by atoms with van der Waals surface area (Å²) in [5.41, 5.74) is 0.950. The quantitative estimate of drug-likeness (QED) is 0.945. The number of aromatic nitrogens is 1. The van der Waals surface area contributed by atoms with Crippen molar-refractivity contribution in [1.29, 1.82) is 0 Å². The van der Waals surface area contributed by atoms with Crippen molar-refractivity contribution in [2.24, 2.45) is 0 Å². The van der Waals surface area contributed by atoms with E-state index in [2.05, 4.69) is 4.98 Å². The monoisotopic (exact) mass is 304 g/mol. The van der Waals surface area contributed by atoms with E-state index in [1.54, 1.807) is 26.1 Å². The molecule has 2 rings (SSSR count). The fourth-order valence-electron chi connectivity index (χ4n) is 2.04. The van der Waals surface area contributed by atoms with E-state index in [9.17, 15) is 9.90 Å². The van der Waals surface area contributed by atoms with Crippen LogP contribution in [0.25, 0.3) is 0 Å². The molecule has 0 aliphatic heterocycles. The smallest absolute Gasteiger partial charge is 0.274 e. The van der Waals surface area contributed by atoms with Gasteiger partial charge in [-0.05, 0) is 24.6 Å². The predicted octanol–water partition coefficient (Wildman–Crippen LogP) is 2.93. The molecule has 0 aliphatic rings. The third kappa shape index (κ3) is 3.40. The molecule has 110 valence electrons. The van der Waals surface area contributed by atoms with Crippen molar-refractivity contribution in [3.8, 4) is 0 Å². The summed E-state index contributed by atoms with van der Waals surface area (Å²) in [6, 6.07) is 12.1. The molecule has 5 heteroatoms. The van der Waals surface area contributed by atoms with Gasteiger partial charge in [-0.15, -0.1) is 0 Å². The number of carbonyl (C=O) groups excluding carboxylic acids is 1. The number of halogens is 1. The Morgan fingerprint density at radius 3 is 2.52 bits per heavy atom. The molecule has 2 atom stereocenters.